The topological polar surface area (TPSA) is 41.6 Å². The van der Waals surface area contributed by atoms with Gasteiger partial charge in [0.2, 0.25) is 0 Å². The van der Waals surface area contributed by atoms with E-state index in [0.29, 0.717) is 12.5 Å². The highest BCUT2D eigenvalue weighted by Gasteiger charge is 2.27. The van der Waals surface area contributed by atoms with Gasteiger partial charge < -0.3 is 10.6 Å². The van der Waals surface area contributed by atoms with Crippen LogP contribution in [0.3, 0.4) is 0 Å². The second kappa shape index (κ2) is 8.03. The van der Waals surface area contributed by atoms with Crippen LogP contribution in [0.1, 0.15) is 47.9 Å². The molecule has 0 aliphatic heterocycles. The quantitative estimate of drug-likeness (QED) is 0.568. The van der Waals surface area contributed by atoms with Gasteiger partial charge in [-0.05, 0) is 66.5 Å². The van der Waals surface area contributed by atoms with Gasteiger partial charge in [-0.15, -0.1) is 0 Å². The molecule has 0 spiro atoms. The van der Waals surface area contributed by atoms with E-state index in [2.05, 4.69) is 30.0 Å². The highest BCUT2D eigenvalue weighted by molar-refractivity contribution is 6.31. The second-order valence-corrected chi connectivity index (χ2v) is 7.15. The number of hydrogen-bond donors (Lipinski definition) is 1. The van der Waals surface area contributed by atoms with E-state index in [1.807, 2.05) is 31.6 Å². The molecule has 2 aromatic carbocycles. The van der Waals surface area contributed by atoms with Gasteiger partial charge >= 0.3 is 0 Å². The van der Waals surface area contributed by atoms with Gasteiger partial charge in [0.15, 0.2) is 0 Å². The number of nitrogens with zero attached hydrogens (tertiary/aromatic N) is 2. The molecule has 3 rings (SSSR count). The van der Waals surface area contributed by atoms with Gasteiger partial charge in [-0.1, -0.05) is 35.9 Å². The molecule has 0 unspecified atom stereocenters. The minimum absolute atomic E-state index is 0.511. The summed E-state index contributed by atoms with van der Waals surface area (Å²) >= 11 is 6.36. The molecule has 25 heavy (non-hydrogen) atoms. The molecule has 2 aromatic rings. The molecule has 1 aliphatic carbocycles. The predicted molar refractivity (Wildman–Crippen MR) is 107 cm³/mol. The Hall–Kier alpha value is -1.84. The van der Waals surface area contributed by atoms with E-state index in [1.54, 1.807) is 0 Å². The van der Waals surface area contributed by atoms with Gasteiger partial charge in [-0.3, -0.25) is 0 Å². The lowest BCUT2D eigenvalue weighted by Crippen LogP contribution is -2.14. The van der Waals surface area contributed by atoms with Crippen LogP contribution in [0.15, 0.2) is 41.4 Å². The predicted octanol–water partition coefficient (Wildman–Crippen LogP) is 4.88. The zero-order chi connectivity index (χ0) is 17.8. The highest BCUT2D eigenvalue weighted by Crippen LogP contribution is 2.45. The van der Waals surface area contributed by atoms with Crippen LogP contribution < -0.4 is 5.73 Å². The molecule has 0 saturated heterocycles. The first-order valence-corrected chi connectivity index (χ1v) is 9.33. The van der Waals surface area contributed by atoms with Crippen LogP contribution in [0, 0.1) is 0 Å². The molecule has 1 fully saturated rings. The van der Waals surface area contributed by atoms with Crippen LogP contribution in [-0.2, 0) is 13.0 Å². The summed E-state index contributed by atoms with van der Waals surface area (Å²) in [5.74, 6) is 0.635. The van der Waals surface area contributed by atoms with Gasteiger partial charge in [0.25, 0.3) is 0 Å². The van der Waals surface area contributed by atoms with E-state index < -0.39 is 0 Å². The van der Waals surface area contributed by atoms with E-state index >= 15 is 0 Å². The van der Waals surface area contributed by atoms with E-state index in [-0.39, 0.29) is 0 Å². The molecule has 1 saturated carbocycles. The normalized spacial score (nSPS) is 14.2. The summed E-state index contributed by atoms with van der Waals surface area (Å²) in [4.78, 5) is 6.81. The molecular formula is C21H26ClN3. The van der Waals surface area contributed by atoms with Crippen molar-refractivity contribution in [2.45, 2.75) is 38.6 Å². The van der Waals surface area contributed by atoms with Gasteiger partial charge in [-0.25, -0.2) is 4.99 Å². The summed E-state index contributed by atoms with van der Waals surface area (Å²) < 4.78 is 0. The van der Waals surface area contributed by atoms with Crippen LogP contribution in [0.4, 0.5) is 5.69 Å². The van der Waals surface area contributed by atoms with Crippen LogP contribution >= 0.6 is 11.6 Å². The van der Waals surface area contributed by atoms with Crippen molar-refractivity contribution in [2.75, 3.05) is 13.6 Å². The largest absolute Gasteiger partial charge is 0.366 e. The molecule has 2 N–H and O–H groups in total. The average Bonchev–Trinajstić information content (AvgIpc) is 3.46. The van der Waals surface area contributed by atoms with Crippen LogP contribution in [0.5, 0.6) is 0 Å². The smallest absolute Gasteiger partial charge is 0.0909 e. The molecule has 132 valence electrons. The Morgan fingerprint density at radius 3 is 2.60 bits per heavy atom. The number of nitrogens with two attached hydrogens (primary N) is 1. The van der Waals surface area contributed by atoms with E-state index in [4.69, 9.17) is 22.3 Å². The molecule has 0 atom stereocenters. The molecule has 0 aromatic heterocycles. The van der Waals surface area contributed by atoms with Crippen molar-refractivity contribution in [3.05, 3.63) is 63.7 Å². The standard InChI is InChI=1S/C21H26ClN3/c1-3-25(2)14-24-21-12-18(13-23)17(11-19(21)15-8-9-15)10-16-6-4-5-7-20(16)22/h4-7,11-12,14-15H,3,8-10,13,23H2,1-2H3. The number of aliphatic imine (C=N–C) groups is 1. The maximum atomic E-state index is 6.36. The Balaban J connectivity index is 1.97. The highest BCUT2D eigenvalue weighted by atomic mass is 35.5. The molecule has 4 heteroatoms. The lowest BCUT2D eigenvalue weighted by molar-refractivity contribution is 0.552. The minimum Gasteiger partial charge on any atom is -0.366 e. The summed E-state index contributed by atoms with van der Waals surface area (Å²) in [5.41, 5.74) is 12.0. The Kier molecular flexibility index (Phi) is 5.77. The van der Waals surface area contributed by atoms with Crippen molar-refractivity contribution in [1.29, 1.82) is 0 Å². The van der Waals surface area contributed by atoms with Gasteiger partial charge in [0.1, 0.15) is 0 Å². The second-order valence-electron chi connectivity index (χ2n) is 6.74. The van der Waals surface area contributed by atoms with Crippen molar-refractivity contribution in [3.63, 3.8) is 0 Å². The van der Waals surface area contributed by atoms with Gasteiger partial charge in [0.05, 0.1) is 12.0 Å². The van der Waals surface area contributed by atoms with E-state index in [1.165, 1.54) is 24.0 Å². The molecule has 0 amide bonds. The van der Waals surface area contributed by atoms with E-state index in [9.17, 15) is 0 Å². The Bertz CT molecular complexity index is 766. The first-order chi connectivity index (χ1) is 12.1. The lowest BCUT2D eigenvalue weighted by atomic mass is 9.94. The summed E-state index contributed by atoms with van der Waals surface area (Å²) in [6.07, 6.45) is 5.22. The maximum absolute atomic E-state index is 6.36. The first kappa shape index (κ1) is 18.0. The molecule has 0 bridgehead atoms. The number of hydrogen-bond acceptors (Lipinski definition) is 2. The number of rotatable bonds is 7. The van der Waals surface area contributed by atoms with Crippen LogP contribution in [0.25, 0.3) is 0 Å². The van der Waals surface area contributed by atoms with Gasteiger partial charge in [0, 0.05) is 25.2 Å². The zero-order valence-electron chi connectivity index (χ0n) is 15.0. The summed E-state index contributed by atoms with van der Waals surface area (Å²) in [5, 5.41) is 0.810. The number of benzene rings is 2. The molecular weight excluding hydrogens is 330 g/mol. The summed E-state index contributed by atoms with van der Waals surface area (Å²) in [7, 11) is 2.04. The zero-order valence-corrected chi connectivity index (χ0v) is 15.8. The van der Waals surface area contributed by atoms with Crippen LogP contribution in [0.2, 0.25) is 5.02 Å². The minimum atomic E-state index is 0.511. The summed E-state index contributed by atoms with van der Waals surface area (Å²) in [6.45, 7) is 3.57. The van der Waals surface area contributed by atoms with Crippen LogP contribution in [-0.4, -0.2) is 24.8 Å². The lowest BCUT2D eigenvalue weighted by Gasteiger charge is -2.15. The third-order valence-electron chi connectivity index (χ3n) is 4.82. The van der Waals surface area contributed by atoms with Crippen molar-refractivity contribution in [1.82, 2.24) is 4.90 Å². The molecule has 1 aliphatic rings. The maximum Gasteiger partial charge on any atom is 0.0909 e. The Morgan fingerprint density at radius 2 is 1.96 bits per heavy atom. The van der Waals surface area contributed by atoms with Crippen molar-refractivity contribution >= 4 is 23.6 Å². The average molecular weight is 356 g/mol. The fourth-order valence-electron chi connectivity index (χ4n) is 2.97. The SMILES string of the molecule is CCN(C)C=Nc1cc(CN)c(Cc2ccccc2Cl)cc1C1CC1. The first-order valence-electron chi connectivity index (χ1n) is 8.96. The third kappa shape index (κ3) is 4.42. The third-order valence-corrected chi connectivity index (χ3v) is 5.19. The van der Waals surface area contributed by atoms with Crippen molar-refractivity contribution in [2.24, 2.45) is 10.7 Å². The van der Waals surface area contributed by atoms with E-state index in [0.717, 1.165) is 34.8 Å². The fourth-order valence-corrected chi connectivity index (χ4v) is 3.18. The Morgan fingerprint density at radius 1 is 1.20 bits per heavy atom. The molecule has 0 heterocycles. The molecule has 3 nitrogen and oxygen atoms in total. The summed E-state index contributed by atoms with van der Waals surface area (Å²) in [6, 6.07) is 12.5. The van der Waals surface area contributed by atoms with Crippen molar-refractivity contribution < 1.29 is 0 Å². The number of halogens is 1. The fraction of sp³-hybridized carbons (Fsp3) is 0.381. The van der Waals surface area contributed by atoms with Crippen molar-refractivity contribution in [3.8, 4) is 0 Å². The van der Waals surface area contributed by atoms with Gasteiger partial charge in [-0.2, -0.15) is 0 Å². The molecule has 0 radical (unpaired) electrons. The monoisotopic (exact) mass is 355 g/mol. The Labute approximate surface area is 155 Å².